The van der Waals surface area contributed by atoms with E-state index in [9.17, 15) is 9.59 Å². The second kappa shape index (κ2) is 8.83. The van der Waals surface area contributed by atoms with E-state index in [1.165, 1.54) is 4.57 Å². The lowest BCUT2D eigenvalue weighted by Crippen LogP contribution is -2.45. The number of benzene rings is 1. The van der Waals surface area contributed by atoms with Crippen molar-refractivity contribution >= 4 is 17.0 Å². The van der Waals surface area contributed by atoms with E-state index in [4.69, 9.17) is 13.7 Å². The minimum atomic E-state index is -0.524. The maximum absolute atomic E-state index is 12.8. The van der Waals surface area contributed by atoms with Gasteiger partial charge in [-0.3, -0.25) is 9.36 Å². The van der Waals surface area contributed by atoms with Crippen LogP contribution in [0.2, 0.25) is 0 Å². The number of ether oxygens (including phenoxy) is 1. The van der Waals surface area contributed by atoms with Crippen LogP contribution >= 0.6 is 0 Å². The SMILES string of the molecule is CC(C)Cc1nc(COC2CCCN(C(=O)Cn3c(=O)oc4ccccc43)C2)no1. The monoisotopic (exact) mass is 414 g/mol. The molecule has 0 radical (unpaired) electrons. The maximum Gasteiger partial charge on any atom is 0.420 e. The molecule has 3 aromatic rings. The van der Waals surface area contributed by atoms with Crippen molar-refractivity contribution in [1.29, 1.82) is 0 Å². The van der Waals surface area contributed by atoms with Crippen molar-refractivity contribution < 1.29 is 18.5 Å². The molecule has 4 rings (SSSR count). The van der Waals surface area contributed by atoms with Crippen LogP contribution in [0.1, 0.15) is 38.4 Å². The summed E-state index contributed by atoms with van der Waals surface area (Å²) in [5.41, 5.74) is 1.10. The van der Waals surface area contributed by atoms with Crippen molar-refractivity contribution in [2.45, 2.75) is 52.4 Å². The second-order valence-electron chi connectivity index (χ2n) is 8.04. The number of nitrogens with zero attached hydrogens (tertiary/aromatic N) is 4. The molecule has 3 heterocycles. The molecule has 9 nitrogen and oxygen atoms in total. The first-order valence-electron chi connectivity index (χ1n) is 10.3. The zero-order chi connectivity index (χ0) is 21.1. The number of rotatable bonds is 7. The number of piperidine rings is 1. The lowest BCUT2D eigenvalue weighted by Gasteiger charge is -2.32. The maximum atomic E-state index is 12.8. The van der Waals surface area contributed by atoms with Gasteiger partial charge in [-0.15, -0.1) is 0 Å². The molecule has 1 amide bonds. The standard InChI is InChI=1S/C21H26N4O5/c1-14(2)10-19-22-18(23-30-19)13-28-15-6-5-9-24(11-15)20(26)12-25-16-7-3-4-8-17(16)29-21(25)27/h3-4,7-8,14-15H,5-6,9-13H2,1-2H3. The Balaban J connectivity index is 1.34. The number of fused-ring (bicyclic) bond motifs is 1. The quantitative estimate of drug-likeness (QED) is 0.585. The molecule has 0 bridgehead atoms. The van der Waals surface area contributed by atoms with Gasteiger partial charge in [0.1, 0.15) is 13.2 Å². The summed E-state index contributed by atoms with van der Waals surface area (Å²) in [5.74, 6) is 0.920. The molecule has 30 heavy (non-hydrogen) atoms. The van der Waals surface area contributed by atoms with Crippen LogP contribution in [-0.2, 0) is 29.1 Å². The van der Waals surface area contributed by atoms with Crippen LogP contribution < -0.4 is 5.76 Å². The largest absolute Gasteiger partial charge is 0.420 e. The summed E-state index contributed by atoms with van der Waals surface area (Å²) in [6.07, 6.45) is 2.32. The number of hydrogen-bond donors (Lipinski definition) is 0. The Labute approximate surface area is 173 Å². The Morgan fingerprint density at radius 1 is 1.33 bits per heavy atom. The molecule has 1 saturated heterocycles. The third-order valence-corrected chi connectivity index (χ3v) is 5.14. The van der Waals surface area contributed by atoms with Crippen LogP contribution in [0.15, 0.2) is 38.0 Å². The van der Waals surface area contributed by atoms with Crippen LogP contribution in [-0.4, -0.2) is 44.7 Å². The van der Waals surface area contributed by atoms with E-state index in [-0.39, 0.29) is 25.2 Å². The van der Waals surface area contributed by atoms with Gasteiger partial charge >= 0.3 is 5.76 Å². The second-order valence-corrected chi connectivity index (χ2v) is 8.04. The van der Waals surface area contributed by atoms with E-state index in [0.717, 1.165) is 19.3 Å². The molecule has 1 atom stereocenters. The van der Waals surface area contributed by atoms with Crippen molar-refractivity contribution in [2.75, 3.05) is 13.1 Å². The zero-order valence-corrected chi connectivity index (χ0v) is 17.2. The van der Waals surface area contributed by atoms with Crippen molar-refractivity contribution in [2.24, 2.45) is 5.92 Å². The molecule has 1 aliphatic rings. The van der Waals surface area contributed by atoms with Gasteiger partial charge < -0.3 is 18.6 Å². The van der Waals surface area contributed by atoms with Gasteiger partial charge in [-0.25, -0.2) is 4.79 Å². The minimum Gasteiger partial charge on any atom is -0.408 e. The first-order valence-corrected chi connectivity index (χ1v) is 10.3. The number of amides is 1. The van der Waals surface area contributed by atoms with Crippen LogP contribution in [0.5, 0.6) is 0 Å². The number of aromatic nitrogens is 3. The summed E-state index contributed by atoms with van der Waals surface area (Å²) in [5, 5.41) is 3.96. The molecule has 1 aliphatic heterocycles. The van der Waals surface area contributed by atoms with Gasteiger partial charge in [-0.05, 0) is 30.9 Å². The molecular weight excluding hydrogens is 388 g/mol. The fraction of sp³-hybridized carbons (Fsp3) is 0.524. The fourth-order valence-corrected chi connectivity index (χ4v) is 3.67. The highest BCUT2D eigenvalue weighted by atomic mass is 16.5. The van der Waals surface area contributed by atoms with Gasteiger partial charge in [0, 0.05) is 19.5 Å². The van der Waals surface area contributed by atoms with Gasteiger partial charge in [-0.1, -0.05) is 31.1 Å². The smallest absolute Gasteiger partial charge is 0.408 e. The minimum absolute atomic E-state index is 0.0496. The lowest BCUT2D eigenvalue weighted by molar-refractivity contribution is -0.136. The number of para-hydroxylation sites is 2. The summed E-state index contributed by atoms with van der Waals surface area (Å²) in [4.78, 5) is 31.0. The summed E-state index contributed by atoms with van der Waals surface area (Å²) >= 11 is 0. The predicted octanol–water partition coefficient (Wildman–Crippen LogP) is 2.38. The molecule has 1 aromatic carbocycles. The average molecular weight is 414 g/mol. The van der Waals surface area contributed by atoms with E-state index in [0.29, 0.717) is 41.8 Å². The third-order valence-electron chi connectivity index (χ3n) is 5.14. The Morgan fingerprint density at radius 2 is 2.17 bits per heavy atom. The summed E-state index contributed by atoms with van der Waals surface area (Å²) < 4.78 is 17.7. The highest BCUT2D eigenvalue weighted by molar-refractivity contribution is 5.79. The van der Waals surface area contributed by atoms with Crippen LogP contribution in [0, 0.1) is 5.92 Å². The molecule has 160 valence electrons. The van der Waals surface area contributed by atoms with E-state index in [1.807, 2.05) is 6.07 Å². The summed E-state index contributed by atoms with van der Waals surface area (Å²) in [6.45, 7) is 5.50. The molecule has 1 fully saturated rings. The van der Waals surface area contributed by atoms with Crippen LogP contribution in [0.4, 0.5) is 0 Å². The highest BCUT2D eigenvalue weighted by Crippen LogP contribution is 2.17. The molecular formula is C21H26N4O5. The number of likely N-dealkylation sites (tertiary alicyclic amines) is 1. The van der Waals surface area contributed by atoms with E-state index >= 15 is 0 Å². The molecule has 0 spiro atoms. The molecule has 9 heteroatoms. The predicted molar refractivity (Wildman–Crippen MR) is 108 cm³/mol. The highest BCUT2D eigenvalue weighted by Gasteiger charge is 2.26. The number of carbonyl (C=O) groups excluding carboxylic acids is 1. The van der Waals surface area contributed by atoms with Gasteiger partial charge in [0.15, 0.2) is 11.4 Å². The van der Waals surface area contributed by atoms with E-state index in [2.05, 4.69) is 24.0 Å². The van der Waals surface area contributed by atoms with E-state index < -0.39 is 5.76 Å². The first-order chi connectivity index (χ1) is 14.5. The Morgan fingerprint density at radius 3 is 3.00 bits per heavy atom. The Kier molecular flexibility index (Phi) is 5.98. The van der Waals surface area contributed by atoms with Gasteiger partial charge in [0.25, 0.3) is 0 Å². The van der Waals surface area contributed by atoms with Crippen molar-refractivity contribution in [3.63, 3.8) is 0 Å². The number of hydrogen-bond acceptors (Lipinski definition) is 7. The molecule has 1 unspecified atom stereocenters. The van der Waals surface area contributed by atoms with Crippen LogP contribution in [0.25, 0.3) is 11.1 Å². The van der Waals surface area contributed by atoms with Crippen LogP contribution in [0.3, 0.4) is 0 Å². The normalized spacial score (nSPS) is 17.2. The number of oxazole rings is 1. The Bertz CT molecular complexity index is 1070. The van der Waals surface area contributed by atoms with Crippen molar-refractivity contribution in [3.05, 3.63) is 46.5 Å². The lowest BCUT2D eigenvalue weighted by atomic mass is 10.1. The van der Waals surface area contributed by atoms with Gasteiger partial charge in [0.2, 0.25) is 11.8 Å². The molecule has 0 N–H and O–H groups in total. The fourth-order valence-electron chi connectivity index (χ4n) is 3.67. The number of carbonyl (C=O) groups is 1. The van der Waals surface area contributed by atoms with E-state index in [1.54, 1.807) is 23.1 Å². The van der Waals surface area contributed by atoms with Gasteiger partial charge in [0.05, 0.1) is 11.6 Å². The summed E-state index contributed by atoms with van der Waals surface area (Å²) in [6, 6.07) is 7.09. The Hall–Kier alpha value is -2.94. The summed E-state index contributed by atoms with van der Waals surface area (Å²) in [7, 11) is 0. The molecule has 2 aromatic heterocycles. The van der Waals surface area contributed by atoms with Crippen molar-refractivity contribution in [1.82, 2.24) is 19.6 Å². The van der Waals surface area contributed by atoms with Crippen molar-refractivity contribution in [3.8, 4) is 0 Å². The molecule has 0 aliphatic carbocycles. The zero-order valence-electron chi connectivity index (χ0n) is 17.2. The first kappa shape index (κ1) is 20.3. The third kappa shape index (κ3) is 4.62. The molecule has 0 saturated carbocycles. The van der Waals surface area contributed by atoms with Gasteiger partial charge in [-0.2, -0.15) is 4.98 Å². The average Bonchev–Trinajstić information content (AvgIpc) is 3.30. The topological polar surface area (TPSA) is 104 Å².